The lowest BCUT2D eigenvalue weighted by molar-refractivity contribution is -0.159. The largest absolute Gasteiger partial charge is 0.504 e. The monoisotopic (exact) mass is 759 g/mol. The highest BCUT2D eigenvalue weighted by molar-refractivity contribution is 7.99. The molecule has 8 heterocycles. The summed E-state index contributed by atoms with van der Waals surface area (Å²) in [5, 5.41) is 26.0. The number of aryl methyl sites for hydroxylation is 1. The van der Waals surface area contributed by atoms with Crippen molar-refractivity contribution >= 4 is 23.7 Å². The molecule has 2 fully saturated rings. The van der Waals surface area contributed by atoms with E-state index in [1.807, 2.05) is 13.8 Å². The molecule has 0 radical (unpaired) electrons. The third kappa shape index (κ3) is 4.75. The van der Waals surface area contributed by atoms with Crippen molar-refractivity contribution in [1.29, 1.82) is 0 Å². The maximum Gasteiger partial charge on any atom is 0.331 e. The lowest BCUT2D eigenvalue weighted by Gasteiger charge is -2.61. The molecule has 7 atom stereocenters. The number of hydrogen-bond acceptors (Lipinski definition) is 14. The summed E-state index contributed by atoms with van der Waals surface area (Å²) in [5.74, 6) is 1.63. The molecule has 2 saturated heterocycles. The second kappa shape index (κ2) is 12.3. The number of carbonyl (C=O) groups excluding carboxylic acids is 2. The molecular formula is C40H45N3O10S. The number of ether oxygens (including phenoxy) is 6. The summed E-state index contributed by atoms with van der Waals surface area (Å²) in [6, 6.07) is 4.32. The van der Waals surface area contributed by atoms with Crippen LogP contribution >= 0.6 is 11.8 Å². The lowest BCUT2D eigenvalue weighted by Crippen LogP contribution is -2.69. The van der Waals surface area contributed by atoms with Crippen molar-refractivity contribution in [2.75, 3.05) is 53.5 Å². The van der Waals surface area contributed by atoms with Crippen LogP contribution in [0.3, 0.4) is 0 Å². The highest BCUT2D eigenvalue weighted by Gasteiger charge is 2.62. The summed E-state index contributed by atoms with van der Waals surface area (Å²) in [6.45, 7) is 8.55. The number of piperazine rings is 1. The quantitative estimate of drug-likeness (QED) is 0.255. The van der Waals surface area contributed by atoms with Gasteiger partial charge in [0, 0.05) is 59.6 Å². The number of carbonyl (C=O) groups is 2. The van der Waals surface area contributed by atoms with Crippen LogP contribution in [-0.4, -0.2) is 97.0 Å². The number of thioether (sulfide) groups is 1. The average Bonchev–Trinajstić information content (AvgIpc) is 3.54. The molecule has 3 aromatic carbocycles. The van der Waals surface area contributed by atoms with E-state index in [0.29, 0.717) is 60.1 Å². The Morgan fingerprint density at radius 3 is 2.54 bits per heavy atom. The van der Waals surface area contributed by atoms with E-state index in [9.17, 15) is 19.8 Å². The van der Waals surface area contributed by atoms with Gasteiger partial charge in [-0.1, -0.05) is 6.07 Å². The van der Waals surface area contributed by atoms with E-state index in [1.54, 1.807) is 31.0 Å². The smallest absolute Gasteiger partial charge is 0.331 e. The molecule has 3 unspecified atom stereocenters. The molecule has 14 heteroatoms. The maximum atomic E-state index is 14.8. The van der Waals surface area contributed by atoms with Gasteiger partial charge < -0.3 is 38.6 Å². The Kier molecular flexibility index (Phi) is 8.06. The Morgan fingerprint density at radius 1 is 1.02 bits per heavy atom. The molecule has 8 aliphatic heterocycles. The van der Waals surface area contributed by atoms with Gasteiger partial charge in [0.1, 0.15) is 12.4 Å². The highest BCUT2D eigenvalue weighted by Crippen LogP contribution is 2.65. The SMILES string of the molecule is COc1cc2c(cc1O)CCN[C@]21CS[C@@H]2c3c(OC(C)=O)c(C)c4c(c3[C@H](COC1=O)N1C2[C@@H]2c3c(cc(C)c(OC)c3O)CC1(C)CN2C)OCO4. The van der Waals surface area contributed by atoms with Gasteiger partial charge in [-0.05, 0) is 75.0 Å². The van der Waals surface area contributed by atoms with Crippen molar-refractivity contribution in [3.8, 4) is 40.2 Å². The number of nitrogens with one attached hydrogen (secondary N) is 1. The number of phenolic OH excluding ortho intramolecular Hbond substituents is 2. The second-order valence-electron chi connectivity index (χ2n) is 15.6. The highest BCUT2D eigenvalue weighted by atomic mass is 32.2. The van der Waals surface area contributed by atoms with Gasteiger partial charge in [0.2, 0.25) is 6.79 Å². The molecule has 8 aliphatic rings. The fourth-order valence-corrected chi connectivity index (χ4v) is 12.2. The van der Waals surface area contributed by atoms with Crippen molar-refractivity contribution < 1.29 is 48.2 Å². The maximum absolute atomic E-state index is 14.8. The predicted molar refractivity (Wildman–Crippen MR) is 198 cm³/mol. The van der Waals surface area contributed by atoms with E-state index < -0.39 is 34.3 Å². The van der Waals surface area contributed by atoms with Gasteiger partial charge in [0.15, 0.2) is 40.0 Å². The minimum absolute atomic E-state index is 0.000602. The van der Waals surface area contributed by atoms with Gasteiger partial charge in [-0.15, -0.1) is 11.8 Å². The van der Waals surface area contributed by atoms with E-state index >= 15 is 0 Å². The van der Waals surface area contributed by atoms with Gasteiger partial charge in [0.25, 0.3) is 0 Å². The molecule has 0 amide bonds. The molecule has 286 valence electrons. The van der Waals surface area contributed by atoms with Crippen LogP contribution in [0.15, 0.2) is 18.2 Å². The molecule has 3 N–H and O–H groups in total. The van der Waals surface area contributed by atoms with Gasteiger partial charge in [0.05, 0.1) is 31.6 Å². The standard InChI is InChI=1S/C40H45N3O10S/c1-18-10-22-13-39(4)15-42(5)30(27(22)32(46)33(18)49-7)31-37-29-28(36-35(51-17-52-36)19(2)34(29)53-20(3)44)24(43(31)39)14-50-38(47)40(16-54-37)23-12-26(48-6)25(45)11-21(23)8-9-41-40/h10-12,24,30-31,37,41,45-46H,8-9,13-17H2,1-7H3/t24-,30-,31?,37+,39?,40+/m0/s1. The van der Waals surface area contributed by atoms with Crippen molar-refractivity contribution in [2.45, 2.75) is 75.0 Å². The zero-order chi connectivity index (χ0) is 38.0. The van der Waals surface area contributed by atoms with Gasteiger partial charge >= 0.3 is 11.9 Å². The molecular weight excluding hydrogens is 715 g/mol. The summed E-state index contributed by atoms with van der Waals surface area (Å²) in [4.78, 5) is 32.5. The molecule has 0 saturated carbocycles. The summed E-state index contributed by atoms with van der Waals surface area (Å²) in [7, 11) is 5.16. The fraction of sp³-hybridized carbons (Fsp3) is 0.500. The average molecular weight is 760 g/mol. The van der Waals surface area contributed by atoms with Crippen LogP contribution in [0.5, 0.6) is 40.2 Å². The Morgan fingerprint density at radius 2 is 1.80 bits per heavy atom. The molecule has 11 rings (SSSR count). The Bertz CT molecular complexity index is 2140. The van der Waals surface area contributed by atoms with Crippen LogP contribution in [-0.2, 0) is 32.7 Å². The topological polar surface area (TPSA) is 148 Å². The number of esters is 2. The van der Waals surface area contributed by atoms with Crippen LogP contribution in [0.25, 0.3) is 0 Å². The van der Waals surface area contributed by atoms with Crippen LogP contribution in [0, 0.1) is 13.8 Å². The number of likely N-dealkylation sites (N-methyl/N-ethyl adjacent to an activating group) is 1. The van der Waals surface area contributed by atoms with Gasteiger partial charge in [-0.3, -0.25) is 19.9 Å². The van der Waals surface area contributed by atoms with Gasteiger partial charge in [-0.25, -0.2) is 4.79 Å². The Hall–Kier alpha value is -4.37. The summed E-state index contributed by atoms with van der Waals surface area (Å²) in [5.41, 5.74) is 4.61. The first kappa shape index (κ1) is 35.3. The first-order valence-electron chi connectivity index (χ1n) is 18.3. The molecule has 1 spiro atoms. The van der Waals surface area contributed by atoms with Crippen LogP contribution in [0.1, 0.15) is 75.7 Å². The second-order valence-corrected chi connectivity index (χ2v) is 16.8. The van der Waals surface area contributed by atoms with Crippen molar-refractivity contribution in [3.63, 3.8) is 0 Å². The molecule has 13 nitrogen and oxygen atoms in total. The minimum atomic E-state index is -1.30. The molecule has 54 heavy (non-hydrogen) atoms. The van der Waals surface area contributed by atoms with E-state index in [1.165, 1.54) is 14.0 Å². The van der Waals surface area contributed by atoms with Crippen LogP contribution in [0.2, 0.25) is 0 Å². The number of methoxy groups -OCH3 is 2. The van der Waals surface area contributed by atoms with Crippen LogP contribution in [0.4, 0.5) is 0 Å². The van der Waals surface area contributed by atoms with E-state index in [-0.39, 0.29) is 48.5 Å². The number of aromatic hydroxyl groups is 2. The number of hydrogen-bond donors (Lipinski definition) is 3. The molecule has 0 aromatic heterocycles. The van der Waals surface area contributed by atoms with E-state index in [2.05, 4.69) is 35.2 Å². The van der Waals surface area contributed by atoms with Crippen molar-refractivity contribution in [3.05, 3.63) is 62.7 Å². The zero-order valence-electron chi connectivity index (χ0n) is 31.5. The predicted octanol–water partition coefficient (Wildman–Crippen LogP) is 4.48. The summed E-state index contributed by atoms with van der Waals surface area (Å²) < 4.78 is 36.4. The number of nitrogens with zero attached hydrogens (tertiary/aromatic N) is 2. The fourth-order valence-electron chi connectivity index (χ4n) is 10.5. The van der Waals surface area contributed by atoms with Gasteiger partial charge in [-0.2, -0.15) is 0 Å². The summed E-state index contributed by atoms with van der Waals surface area (Å²) >= 11 is 1.58. The number of fused-ring (bicyclic) bond motifs is 6. The molecule has 0 aliphatic carbocycles. The lowest BCUT2D eigenvalue weighted by atomic mass is 9.76. The Labute approximate surface area is 317 Å². The molecule has 3 aromatic rings. The van der Waals surface area contributed by atoms with Crippen molar-refractivity contribution in [2.24, 2.45) is 0 Å². The minimum Gasteiger partial charge on any atom is -0.504 e. The van der Waals surface area contributed by atoms with E-state index in [0.717, 1.165) is 33.4 Å². The third-order valence-electron chi connectivity index (χ3n) is 12.4. The number of rotatable bonds is 3. The zero-order valence-corrected chi connectivity index (χ0v) is 32.3. The number of phenols is 2. The van der Waals surface area contributed by atoms with E-state index in [4.69, 9.17) is 28.4 Å². The summed E-state index contributed by atoms with van der Waals surface area (Å²) in [6.07, 6.45) is 1.21. The van der Waals surface area contributed by atoms with Crippen molar-refractivity contribution in [1.82, 2.24) is 15.1 Å². The first-order valence-corrected chi connectivity index (χ1v) is 19.3. The Balaban J connectivity index is 1.33. The first-order chi connectivity index (χ1) is 25.8. The van der Waals surface area contributed by atoms with Crippen LogP contribution < -0.4 is 29.0 Å². The third-order valence-corrected chi connectivity index (χ3v) is 13.9. The normalized spacial score (nSPS) is 30.4. The molecule has 4 bridgehead atoms. The number of benzene rings is 3.